The third-order valence-electron chi connectivity index (χ3n) is 5.07. The average molecular weight is 269 g/mol. The van der Waals surface area contributed by atoms with Crippen molar-refractivity contribution in [3.05, 3.63) is 0 Å². The van der Waals surface area contributed by atoms with Crippen LogP contribution in [-0.2, 0) is 9.47 Å². The van der Waals surface area contributed by atoms with E-state index in [1.165, 1.54) is 44.9 Å². The topological polar surface area (TPSA) is 30.5 Å². The molecular weight excluding hydrogens is 238 g/mol. The van der Waals surface area contributed by atoms with Crippen LogP contribution in [0.15, 0.2) is 0 Å². The van der Waals surface area contributed by atoms with E-state index in [0.29, 0.717) is 18.1 Å². The van der Waals surface area contributed by atoms with Gasteiger partial charge in [0.1, 0.15) is 0 Å². The number of rotatable bonds is 5. The van der Waals surface area contributed by atoms with Gasteiger partial charge in [-0.15, -0.1) is 0 Å². The van der Waals surface area contributed by atoms with Crippen LogP contribution in [0.5, 0.6) is 0 Å². The molecule has 3 heteroatoms. The molecule has 112 valence electrons. The highest BCUT2D eigenvalue weighted by Gasteiger charge is 2.41. The second kappa shape index (κ2) is 7.05. The zero-order valence-electron chi connectivity index (χ0n) is 12.9. The minimum Gasteiger partial charge on any atom is -0.377 e. The van der Waals surface area contributed by atoms with Gasteiger partial charge in [0.05, 0.1) is 11.7 Å². The van der Waals surface area contributed by atoms with Gasteiger partial charge >= 0.3 is 0 Å². The molecule has 0 aromatic carbocycles. The highest BCUT2D eigenvalue weighted by molar-refractivity contribution is 4.94. The zero-order valence-corrected chi connectivity index (χ0v) is 12.9. The van der Waals surface area contributed by atoms with Crippen molar-refractivity contribution >= 4 is 0 Å². The van der Waals surface area contributed by atoms with E-state index in [9.17, 15) is 0 Å². The van der Waals surface area contributed by atoms with Crippen molar-refractivity contribution in [2.45, 2.75) is 76.5 Å². The van der Waals surface area contributed by atoms with E-state index in [1.54, 1.807) is 0 Å². The van der Waals surface area contributed by atoms with Crippen LogP contribution in [0.2, 0.25) is 0 Å². The third-order valence-corrected chi connectivity index (χ3v) is 5.07. The van der Waals surface area contributed by atoms with Crippen LogP contribution >= 0.6 is 0 Å². The fraction of sp³-hybridized carbons (Fsp3) is 1.00. The summed E-state index contributed by atoms with van der Waals surface area (Å²) in [6.45, 7) is 6.01. The molecule has 0 aromatic rings. The van der Waals surface area contributed by atoms with Gasteiger partial charge in [0.15, 0.2) is 0 Å². The number of hydrogen-bond acceptors (Lipinski definition) is 3. The molecule has 19 heavy (non-hydrogen) atoms. The van der Waals surface area contributed by atoms with Crippen molar-refractivity contribution in [2.75, 3.05) is 20.3 Å². The fourth-order valence-electron chi connectivity index (χ4n) is 4.14. The lowest BCUT2D eigenvalue weighted by molar-refractivity contribution is -0.128. The maximum atomic E-state index is 6.20. The molecule has 1 heterocycles. The first-order valence-electron chi connectivity index (χ1n) is 8.13. The van der Waals surface area contributed by atoms with Crippen LogP contribution in [0.25, 0.3) is 0 Å². The lowest BCUT2D eigenvalue weighted by Gasteiger charge is -2.46. The maximum absolute atomic E-state index is 6.20. The quantitative estimate of drug-likeness (QED) is 0.832. The Morgan fingerprint density at radius 3 is 2.68 bits per heavy atom. The van der Waals surface area contributed by atoms with E-state index in [-0.39, 0.29) is 5.60 Å². The lowest BCUT2D eigenvalue weighted by Crippen LogP contribution is -2.51. The van der Waals surface area contributed by atoms with E-state index in [2.05, 4.69) is 26.2 Å². The van der Waals surface area contributed by atoms with E-state index in [4.69, 9.17) is 9.47 Å². The maximum Gasteiger partial charge on any atom is 0.0702 e. The molecule has 1 aliphatic heterocycles. The van der Waals surface area contributed by atoms with Gasteiger partial charge in [-0.3, -0.25) is 0 Å². The molecular formula is C16H31NO2. The molecule has 3 atom stereocenters. The highest BCUT2D eigenvalue weighted by atomic mass is 16.5. The zero-order chi connectivity index (χ0) is 13.7. The van der Waals surface area contributed by atoms with Crippen molar-refractivity contribution < 1.29 is 9.47 Å². The molecule has 2 aliphatic rings. The molecule has 1 saturated heterocycles. The first kappa shape index (κ1) is 15.3. The van der Waals surface area contributed by atoms with Gasteiger partial charge in [0, 0.05) is 19.3 Å². The first-order chi connectivity index (χ1) is 9.21. The van der Waals surface area contributed by atoms with Crippen molar-refractivity contribution in [1.29, 1.82) is 0 Å². The molecule has 3 nitrogen and oxygen atoms in total. The average Bonchev–Trinajstić information content (AvgIpc) is 2.41. The summed E-state index contributed by atoms with van der Waals surface area (Å²) in [6, 6.07) is 0.461. The van der Waals surface area contributed by atoms with E-state index >= 15 is 0 Å². The summed E-state index contributed by atoms with van der Waals surface area (Å²) in [5.41, 5.74) is 0.197. The molecule has 3 unspecified atom stereocenters. The molecule has 1 spiro atoms. The summed E-state index contributed by atoms with van der Waals surface area (Å²) >= 11 is 0. The van der Waals surface area contributed by atoms with Crippen molar-refractivity contribution in [3.8, 4) is 0 Å². The summed E-state index contributed by atoms with van der Waals surface area (Å²) in [4.78, 5) is 0. The molecule has 1 aliphatic carbocycles. The Bertz CT molecular complexity index is 258. The summed E-state index contributed by atoms with van der Waals surface area (Å²) in [5, 5.41) is 3.50. The second-order valence-electron chi connectivity index (χ2n) is 6.32. The van der Waals surface area contributed by atoms with Gasteiger partial charge in [0.2, 0.25) is 0 Å². The number of hydrogen-bond donors (Lipinski definition) is 1. The van der Waals surface area contributed by atoms with Crippen molar-refractivity contribution in [2.24, 2.45) is 5.92 Å². The smallest absolute Gasteiger partial charge is 0.0702 e. The van der Waals surface area contributed by atoms with Gasteiger partial charge in [-0.2, -0.15) is 0 Å². The molecule has 0 bridgehead atoms. The predicted octanol–water partition coefficient (Wildman–Crippen LogP) is 3.13. The molecule has 2 rings (SSSR count). The summed E-state index contributed by atoms with van der Waals surface area (Å²) in [6.07, 6.45) is 9.29. The van der Waals surface area contributed by atoms with Gasteiger partial charge in [-0.1, -0.05) is 19.3 Å². The molecule has 0 radical (unpaired) electrons. The van der Waals surface area contributed by atoms with E-state index in [1.807, 2.05) is 0 Å². The predicted molar refractivity (Wildman–Crippen MR) is 78.4 cm³/mol. The highest BCUT2D eigenvalue weighted by Crippen LogP contribution is 2.42. The molecule has 0 aromatic heterocycles. The Labute approximate surface area is 118 Å². The molecule has 0 amide bonds. The van der Waals surface area contributed by atoms with Gasteiger partial charge < -0.3 is 14.8 Å². The Morgan fingerprint density at radius 1 is 1.32 bits per heavy atom. The summed E-state index contributed by atoms with van der Waals surface area (Å²) in [5.74, 6) is 0.693. The molecule has 2 fully saturated rings. The Kier molecular flexibility index (Phi) is 5.67. The first-order valence-corrected chi connectivity index (χ1v) is 8.13. The molecule has 1 N–H and O–H groups in total. The minimum absolute atomic E-state index is 0.197. The minimum atomic E-state index is 0.197. The van der Waals surface area contributed by atoms with Crippen LogP contribution in [0.4, 0.5) is 0 Å². The van der Waals surface area contributed by atoms with Crippen molar-refractivity contribution in [3.63, 3.8) is 0 Å². The van der Waals surface area contributed by atoms with Gasteiger partial charge in [0.25, 0.3) is 0 Å². The third kappa shape index (κ3) is 3.71. The normalized spacial score (nSPS) is 30.2. The lowest BCUT2D eigenvalue weighted by atomic mass is 9.73. The summed E-state index contributed by atoms with van der Waals surface area (Å²) < 4.78 is 12.0. The van der Waals surface area contributed by atoms with E-state index < -0.39 is 0 Å². The molecule has 1 saturated carbocycles. The standard InChI is InChI=1S/C16H31NO2/c1-4-18-13(2)15(17-3)14-8-11-19-16(12-14)9-6-5-7-10-16/h13-15,17H,4-12H2,1-3H3. The second-order valence-corrected chi connectivity index (χ2v) is 6.32. The Balaban J connectivity index is 1.98. The van der Waals surface area contributed by atoms with Gasteiger partial charge in [-0.05, 0) is 52.5 Å². The Morgan fingerprint density at radius 2 is 2.05 bits per heavy atom. The van der Waals surface area contributed by atoms with Crippen LogP contribution in [0.3, 0.4) is 0 Å². The van der Waals surface area contributed by atoms with Crippen molar-refractivity contribution in [1.82, 2.24) is 5.32 Å². The monoisotopic (exact) mass is 269 g/mol. The fourth-order valence-corrected chi connectivity index (χ4v) is 4.14. The number of ether oxygens (including phenoxy) is 2. The summed E-state index contributed by atoms with van der Waals surface area (Å²) in [7, 11) is 2.07. The van der Waals surface area contributed by atoms with Crippen LogP contribution in [-0.4, -0.2) is 38.0 Å². The van der Waals surface area contributed by atoms with Crippen LogP contribution in [0, 0.1) is 5.92 Å². The Hall–Kier alpha value is -0.120. The van der Waals surface area contributed by atoms with Crippen LogP contribution in [0.1, 0.15) is 58.8 Å². The largest absolute Gasteiger partial charge is 0.377 e. The van der Waals surface area contributed by atoms with Gasteiger partial charge in [-0.25, -0.2) is 0 Å². The van der Waals surface area contributed by atoms with Crippen LogP contribution < -0.4 is 5.32 Å². The SMILES string of the molecule is CCOC(C)C(NC)C1CCOC2(CCCCC2)C1. The van der Waals surface area contributed by atoms with E-state index in [0.717, 1.165) is 13.2 Å². The number of nitrogens with one attached hydrogen (secondary N) is 1. The number of likely N-dealkylation sites (N-methyl/N-ethyl adjacent to an activating group) is 1.